The summed E-state index contributed by atoms with van der Waals surface area (Å²) in [6.45, 7) is 2.01. The first-order chi connectivity index (χ1) is 8.77. The van der Waals surface area contributed by atoms with E-state index in [1.54, 1.807) is 0 Å². The molecule has 0 atom stereocenters. The SMILES string of the molecule is Cc1cccc2c(Cl)c(-c3ccccc3)nnc12. The second-order valence-electron chi connectivity index (χ2n) is 4.20. The minimum absolute atomic E-state index is 0.662. The number of hydrogen-bond donors (Lipinski definition) is 0. The number of halogens is 1. The van der Waals surface area contributed by atoms with Gasteiger partial charge in [0.1, 0.15) is 5.69 Å². The predicted molar refractivity (Wildman–Crippen MR) is 74.7 cm³/mol. The highest BCUT2D eigenvalue weighted by Crippen LogP contribution is 2.31. The summed E-state index contributed by atoms with van der Waals surface area (Å²) >= 11 is 6.45. The van der Waals surface area contributed by atoms with E-state index >= 15 is 0 Å². The number of benzene rings is 2. The van der Waals surface area contributed by atoms with Gasteiger partial charge in [0.2, 0.25) is 0 Å². The van der Waals surface area contributed by atoms with Crippen molar-refractivity contribution in [3.05, 3.63) is 59.1 Å². The lowest BCUT2D eigenvalue weighted by molar-refractivity contribution is 1.08. The molecule has 0 spiro atoms. The summed E-state index contributed by atoms with van der Waals surface area (Å²) in [6, 6.07) is 15.8. The second-order valence-corrected chi connectivity index (χ2v) is 4.58. The van der Waals surface area contributed by atoms with E-state index < -0.39 is 0 Å². The molecule has 1 aromatic heterocycles. The van der Waals surface area contributed by atoms with Gasteiger partial charge in [0.15, 0.2) is 0 Å². The van der Waals surface area contributed by atoms with Crippen molar-refractivity contribution in [2.45, 2.75) is 6.92 Å². The maximum Gasteiger partial charge on any atom is 0.112 e. The van der Waals surface area contributed by atoms with Gasteiger partial charge in [-0.2, -0.15) is 0 Å². The van der Waals surface area contributed by atoms with Crippen LogP contribution in [0.25, 0.3) is 22.2 Å². The lowest BCUT2D eigenvalue weighted by atomic mass is 10.1. The van der Waals surface area contributed by atoms with Crippen LogP contribution in [0.15, 0.2) is 48.5 Å². The number of aromatic nitrogens is 2. The molecule has 0 unspecified atom stereocenters. The van der Waals surface area contributed by atoms with Gasteiger partial charge < -0.3 is 0 Å². The molecule has 0 fully saturated rings. The number of fused-ring (bicyclic) bond motifs is 1. The molecular formula is C15H11ClN2. The van der Waals surface area contributed by atoms with Gasteiger partial charge in [0.05, 0.1) is 10.5 Å². The Labute approximate surface area is 110 Å². The highest BCUT2D eigenvalue weighted by Gasteiger charge is 2.11. The largest absolute Gasteiger partial charge is 0.150 e. The van der Waals surface area contributed by atoms with Crippen molar-refractivity contribution in [2.24, 2.45) is 0 Å². The Morgan fingerprint density at radius 1 is 0.889 bits per heavy atom. The van der Waals surface area contributed by atoms with Gasteiger partial charge in [0, 0.05) is 10.9 Å². The van der Waals surface area contributed by atoms with Gasteiger partial charge in [-0.3, -0.25) is 0 Å². The highest BCUT2D eigenvalue weighted by molar-refractivity contribution is 6.37. The summed E-state index contributed by atoms with van der Waals surface area (Å²) in [6.07, 6.45) is 0. The van der Waals surface area contributed by atoms with Crippen molar-refractivity contribution in [1.29, 1.82) is 0 Å². The lowest BCUT2D eigenvalue weighted by Gasteiger charge is -2.07. The van der Waals surface area contributed by atoms with Crippen LogP contribution in [0.2, 0.25) is 5.02 Å². The van der Waals surface area contributed by atoms with E-state index in [2.05, 4.69) is 10.2 Å². The first-order valence-corrected chi connectivity index (χ1v) is 6.12. The number of aryl methyl sites for hydroxylation is 1. The number of rotatable bonds is 1. The fraction of sp³-hybridized carbons (Fsp3) is 0.0667. The molecule has 88 valence electrons. The van der Waals surface area contributed by atoms with Gasteiger partial charge in [-0.1, -0.05) is 60.1 Å². The number of hydrogen-bond acceptors (Lipinski definition) is 2. The summed E-state index contributed by atoms with van der Waals surface area (Å²) in [5, 5.41) is 10.2. The van der Waals surface area contributed by atoms with Gasteiger partial charge in [-0.15, -0.1) is 10.2 Å². The van der Waals surface area contributed by atoms with Crippen LogP contribution in [0.3, 0.4) is 0 Å². The zero-order valence-corrected chi connectivity index (χ0v) is 10.6. The first-order valence-electron chi connectivity index (χ1n) is 5.74. The maximum atomic E-state index is 6.45. The van der Waals surface area contributed by atoms with E-state index in [0.29, 0.717) is 5.02 Å². The number of nitrogens with zero attached hydrogens (tertiary/aromatic N) is 2. The molecule has 0 aliphatic heterocycles. The van der Waals surface area contributed by atoms with Crippen molar-refractivity contribution in [3.63, 3.8) is 0 Å². The van der Waals surface area contributed by atoms with Crippen molar-refractivity contribution < 1.29 is 0 Å². The lowest BCUT2D eigenvalue weighted by Crippen LogP contribution is -1.93. The molecule has 1 heterocycles. The van der Waals surface area contributed by atoms with E-state index in [9.17, 15) is 0 Å². The normalized spacial score (nSPS) is 10.8. The molecule has 0 amide bonds. The molecule has 0 N–H and O–H groups in total. The topological polar surface area (TPSA) is 25.8 Å². The minimum Gasteiger partial charge on any atom is -0.150 e. The van der Waals surface area contributed by atoms with Crippen molar-refractivity contribution in [3.8, 4) is 11.3 Å². The maximum absolute atomic E-state index is 6.45. The highest BCUT2D eigenvalue weighted by atomic mass is 35.5. The summed E-state index contributed by atoms with van der Waals surface area (Å²) in [5.41, 5.74) is 3.66. The molecule has 3 heteroatoms. The van der Waals surface area contributed by atoms with E-state index in [4.69, 9.17) is 11.6 Å². The minimum atomic E-state index is 0.662. The predicted octanol–water partition coefficient (Wildman–Crippen LogP) is 4.26. The summed E-state index contributed by atoms with van der Waals surface area (Å²) < 4.78 is 0. The Balaban J connectivity index is 2.31. The molecule has 2 aromatic carbocycles. The van der Waals surface area contributed by atoms with E-state index in [1.807, 2.05) is 55.5 Å². The summed E-state index contributed by atoms with van der Waals surface area (Å²) in [4.78, 5) is 0. The van der Waals surface area contributed by atoms with E-state index in [0.717, 1.165) is 27.7 Å². The fourth-order valence-corrected chi connectivity index (χ4v) is 2.32. The Bertz CT molecular complexity index is 708. The Morgan fingerprint density at radius 3 is 2.44 bits per heavy atom. The first kappa shape index (κ1) is 11.2. The third-order valence-corrected chi connectivity index (χ3v) is 3.36. The van der Waals surface area contributed by atoms with Crippen LogP contribution in [-0.2, 0) is 0 Å². The van der Waals surface area contributed by atoms with Crippen LogP contribution in [0.5, 0.6) is 0 Å². The van der Waals surface area contributed by atoms with Crippen LogP contribution in [0.1, 0.15) is 5.56 Å². The van der Waals surface area contributed by atoms with Crippen LogP contribution in [-0.4, -0.2) is 10.2 Å². The Morgan fingerprint density at radius 2 is 1.67 bits per heavy atom. The molecular weight excluding hydrogens is 244 g/mol. The molecule has 0 bridgehead atoms. The van der Waals surface area contributed by atoms with Crippen molar-refractivity contribution >= 4 is 22.5 Å². The van der Waals surface area contributed by atoms with Crippen molar-refractivity contribution in [2.75, 3.05) is 0 Å². The zero-order valence-electron chi connectivity index (χ0n) is 9.89. The van der Waals surface area contributed by atoms with E-state index in [1.165, 1.54) is 0 Å². The van der Waals surface area contributed by atoms with Crippen LogP contribution < -0.4 is 0 Å². The third kappa shape index (κ3) is 1.75. The Hall–Kier alpha value is -1.93. The van der Waals surface area contributed by atoms with Gasteiger partial charge in [-0.05, 0) is 12.5 Å². The molecule has 3 rings (SSSR count). The standard InChI is InChI=1S/C15H11ClN2/c1-10-6-5-9-12-13(16)15(18-17-14(10)12)11-7-3-2-4-8-11/h2-9H,1H3. The van der Waals surface area contributed by atoms with Gasteiger partial charge >= 0.3 is 0 Å². The van der Waals surface area contributed by atoms with Gasteiger partial charge in [-0.25, -0.2) is 0 Å². The summed E-state index contributed by atoms with van der Waals surface area (Å²) in [7, 11) is 0. The van der Waals surface area contributed by atoms with Crippen LogP contribution in [0.4, 0.5) is 0 Å². The van der Waals surface area contributed by atoms with Crippen molar-refractivity contribution in [1.82, 2.24) is 10.2 Å². The average molecular weight is 255 g/mol. The molecule has 0 aliphatic carbocycles. The molecule has 0 saturated carbocycles. The van der Waals surface area contributed by atoms with Gasteiger partial charge in [0.25, 0.3) is 0 Å². The molecule has 0 saturated heterocycles. The molecule has 18 heavy (non-hydrogen) atoms. The average Bonchev–Trinajstić information content (AvgIpc) is 2.41. The third-order valence-electron chi connectivity index (χ3n) is 2.98. The monoisotopic (exact) mass is 254 g/mol. The van der Waals surface area contributed by atoms with Crippen LogP contribution >= 0.6 is 11.6 Å². The van der Waals surface area contributed by atoms with Crippen LogP contribution in [0, 0.1) is 6.92 Å². The molecule has 2 nitrogen and oxygen atoms in total. The second kappa shape index (κ2) is 4.39. The molecule has 3 aromatic rings. The quantitative estimate of drug-likeness (QED) is 0.648. The fourth-order valence-electron chi connectivity index (χ4n) is 2.02. The molecule has 0 radical (unpaired) electrons. The van der Waals surface area contributed by atoms with E-state index in [-0.39, 0.29) is 0 Å². The Kier molecular flexibility index (Phi) is 2.73. The smallest absolute Gasteiger partial charge is 0.112 e. The summed E-state index contributed by atoms with van der Waals surface area (Å²) in [5.74, 6) is 0. The molecule has 0 aliphatic rings. The zero-order chi connectivity index (χ0) is 12.5.